The molecule has 3 heterocycles. The fourth-order valence-electron chi connectivity index (χ4n) is 2.57. The van der Waals surface area contributed by atoms with Crippen LogP contribution in [0.15, 0.2) is 24.4 Å². The summed E-state index contributed by atoms with van der Waals surface area (Å²) in [6, 6.07) is 5.50. The van der Waals surface area contributed by atoms with Gasteiger partial charge in [-0.05, 0) is 18.6 Å². The molecule has 0 radical (unpaired) electrons. The predicted octanol–water partition coefficient (Wildman–Crippen LogP) is 1.28. The Morgan fingerprint density at radius 3 is 2.75 bits per heavy atom. The van der Waals surface area contributed by atoms with E-state index in [9.17, 15) is 4.79 Å². The number of nitrogens with one attached hydrogen (secondary N) is 2. The van der Waals surface area contributed by atoms with Crippen LogP contribution in [0.25, 0.3) is 0 Å². The van der Waals surface area contributed by atoms with Gasteiger partial charge in [0.15, 0.2) is 0 Å². The molecule has 8 nitrogen and oxygen atoms in total. The van der Waals surface area contributed by atoms with Gasteiger partial charge in [-0.3, -0.25) is 10.00 Å². The van der Waals surface area contributed by atoms with E-state index in [1.807, 2.05) is 25.1 Å². The molecule has 0 saturated carbocycles. The minimum absolute atomic E-state index is 0.268. The van der Waals surface area contributed by atoms with E-state index in [1.54, 1.807) is 17.9 Å². The molecule has 0 spiro atoms. The standard InChI is InChI=1S/C16H22N6O2/c1-12-9-15(21(2)20-12)19-16(23)18-11-13-3-4-14(17-10-13)22-5-7-24-8-6-22/h3-4,9-10H,5-8,11H2,1-2H3,(H2,18,19,23). The van der Waals surface area contributed by atoms with Crippen molar-refractivity contribution in [1.82, 2.24) is 20.1 Å². The average Bonchev–Trinajstić information content (AvgIpc) is 2.91. The first-order valence-electron chi connectivity index (χ1n) is 7.95. The van der Waals surface area contributed by atoms with Crippen LogP contribution >= 0.6 is 0 Å². The van der Waals surface area contributed by atoms with Crippen molar-refractivity contribution in [1.29, 1.82) is 0 Å². The number of nitrogens with zero attached hydrogens (tertiary/aromatic N) is 4. The third-order valence-electron chi connectivity index (χ3n) is 3.84. The molecule has 1 aliphatic rings. The number of hydrogen-bond acceptors (Lipinski definition) is 5. The summed E-state index contributed by atoms with van der Waals surface area (Å²) < 4.78 is 6.97. The smallest absolute Gasteiger partial charge is 0.320 e. The van der Waals surface area contributed by atoms with Crippen molar-refractivity contribution in [3.05, 3.63) is 35.7 Å². The van der Waals surface area contributed by atoms with Crippen LogP contribution in [0, 0.1) is 6.92 Å². The number of morpholine rings is 1. The Bertz CT molecular complexity index is 691. The van der Waals surface area contributed by atoms with Crippen LogP contribution < -0.4 is 15.5 Å². The molecular weight excluding hydrogens is 308 g/mol. The Hall–Kier alpha value is -2.61. The number of amides is 2. The summed E-state index contributed by atoms with van der Waals surface area (Å²) in [5, 5.41) is 9.78. The zero-order valence-corrected chi connectivity index (χ0v) is 14.0. The molecule has 8 heteroatoms. The van der Waals surface area contributed by atoms with E-state index in [4.69, 9.17) is 4.74 Å². The molecule has 0 aliphatic carbocycles. The molecule has 2 N–H and O–H groups in total. The topological polar surface area (TPSA) is 84.3 Å². The Morgan fingerprint density at radius 2 is 2.12 bits per heavy atom. The van der Waals surface area contributed by atoms with E-state index in [1.165, 1.54) is 0 Å². The van der Waals surface area contributed by atoms with Crippen LogP contribution in [0.3, 0.4) is 0 Å². The van der Waals surface area contributed by atoms with Crippen LogP contribution in [0.1, 0.15) is 11.3 Å². The van der Waals surface area contributed by atoms with Gasteiger partial charge in [-0.15, -0.1) is 0 Å². The first kappa shape index (κ1) is 16.3. The molecule has 0 aromatic carbocycles. The highest BCUT2D eigenvalue weighted by molar-refractivity contribution is 5.88. The SMILES string of the molecule is Cc1cc(NC(=O)NCc2ccc(N3CCOCC3)nc2)n(C)n1. The van der Waals surface area contributed by atoms with Crippen molar-refractivity contribution in [3.8, 4) is 0 Å². The maximum atomic E-state index is 12.0. The van der Waals surface area contributed by atoms with Gasteiger partial charge < -0.3 is 15.0 Å². The van der Waals surface area contributed by atoms with Crippen molar-refractivity contribution in [3.63, 3.8) is 0 Å². The zero-order chi connectivity index (χ0) is 16.9. The van der Waals surface area contributed by atoms with Gasteiger partial charge in [-0.1, -0.05) is 6.07 Å². The quantitative estimate of drug-likeness (QED) is 0.882. The number of carbonyl (C=O) groups is 1. The molecule has 0 unspecified atom stereocenters. The highest BCUT2D eigenvalue weighted by atomic mass is 16.5. The first-order valence-corrected chi connectivity index (χ1v) is 7.95. The molecule has 128 valence electrons. The summed E-state index contributed by atoms with van der Waals surface area (Å²) in [6.07, 6.45) is 1.79. The normalized spacial score (nSPS) is 14.5. The van der Waals surface area contributed by atoms with Crippen LogP contribution in [0.2, 0.25) is 0 Å². The number of ether oxygens (including phenoxy) is 1. The monoisotopic (exact) mass is 330 g/mol. The Morgan fingerprint density at radius 1 is 1.33 bits per heavy atom. The van der Waals surface area contributed by atoms with Crippen molar-refractivity contribution in [2.45, 2.75) is 13.5 Å². The minimum Gasteiger partial charge on any atom is -0.378 e. The number of hydrogen-bond donors (Lipinski definition) is 2. The molecule has 1 saturated heterocycles. The maximum Gasteiger partial charge on any atom is 0.320 e. The van der Waals surface area contributed by atoms with Gasteiger partial charge in [-0.2, -0.15) is 5.10 Å². The summed E-state index contributed by atoms with van der Waals surface area (Å²) in [7, 11) is 1.79. The number of carbonyl (C=O) groups excluding carboxylic acids is 1. The molecule has 2 aromatic rings. The van der Waals surface area contributed by atoms with Gasteiger partial charge >= 0.3 is 6.03 Å². The summed E-state index contributed by atoms with van der Waals surface area (Å²) in [4.78, 5) is 18.6. The molecular formula is C16H22N6O2. The van der Waals surface area contributed by atoms with E-state index < -0.39 is 0 Å². The molecule has 1 fully saturated rings. The Kier molecular flexibility index (Phi) is 4.95. The largest absolute Gasteiger partial charge is 0.378 e. The number of rotatable bonds is 4. The molecule has 2 amide bonds. The second-order valence-corrected chi connectivity index (χ2v) is 5.73. The van der Waals surface area contributed by atoms with Gasteiger partial charge in [0.1, 0.15) is 11.6 Å². The highest BCUT2D eigenvalue weighted by Crippen LogP contribution is 2.13. The molecule has 0 atom stereocenters. The van der Waals surface area contributed by atoms with E-state index >= 15 is 0 Å². The van der Waals surface area contributed by atoms with E-state index in [0.29, 0.717) is 12.4 Å². The van der Waals surface area contributed by atoms with Crippen LogP contribution in [0.5, 0.6) is 0 Å². The summed E-state index contributed by atoms with van der Waals surface area (Å²) in [5.41, 5.74) is 1.80. The molecule has 1 aliphatic heterocycles. The fraction of sp³-hybridized carbons (Fsp3) is 0.438. The lowest BCUT2D eigenvalue weighted by molar-refractivity contribution is 0.122. The van der Waals surface area contributed by atoms with Gasteiger partial charge in [-0.25, -0.2) is 9.78 Å². The average molecular weight is 330 g/mol. The van der Waals surface area contributed by atoms with Gasteiger partial charge in [0.05, 0.1) is 18.9 Å². The van der Waals surface area contributed by atoms with E-state index in [2.05, 4.69) is 25.6 Å². The molecule has 0 bridgehead atoms. The lowest BCUT2D eigenvalue weighted by Crippen LogP contribution is -2.36. The summed E-state index contributed by atoms with van der Waals surface area (Å²) in [5.74, 6) is 1.60. The summed E-state index contributed by atoms with van der Waals surface area (Å²) >= 11 is 0. The zero-order valence-electron chi connectivity index (χ0n) is 14.0. The van der Waals surface area contributed by atoms with Crippen LogP contribution in [-0.4, -0.2) is 47.1 Å². The van der Waals surface area contributed by atoms with Gasteiger partial charge in [0, 0.05) is 38.9 Å². The third-order valence-corrected chi connectivity index (χ3v) is 3.84. The van der Waals surface area contributed by atoms with Crippen LogP contribution in [0.4, 0.5) is 16.4 Å². The second kappa shape index (κ2) is 7.31. The predicted molar refractivity (Wildman–Crippen MR) is 91.1 cm³/mol. The number of aryl methyl sites for hydroxylation is 2. The van der Waals surface area contributed by atoms with E-state index in [-0.39, 0.29) is 6.03 Å². The highest BCUT2D eigenvalue weighted by Gasteiger charge is 2.12. The Labute approximate surface area is 140 Å². The molecule has 24 heavy (non-hydrogen) atoms. The lowest BCUT2D eigenvalue weighted by Gasteiger charge is -2.27. The molecule has 3 rings (SSSR count). The Balaban J connectivity index is 1.50. The lowest BCUT2D eigenvalue weighted by atomic mass is 10.2. The summed E-state index contributed by atoms with van der Waals surface area (Å²) in [6.45, 7) is 5.48. The fourth-order valence-corrected chi connectivity index (χ4v) is 2.57. The second-order valence-electron chi connectivity index (χ2n) is 5.73. The number of pyridine rings is 1. The third kappa shape index (κ3) is 4.02. The maximum absolute atomic E-state index is 12.0. The first-order chi connectivity index (χ1) is 11.6. The minimum atomic E-state index is -0.268. The molecule has 2 aromatic heterocycles. The van der Waals surface area contributed by atoms with Crippen LogP contribution in [-0.2, 0) is 18.3 Å². The van der Waals surface area contributed by atoms with Crippen molar-refractivity contribution < 1.29 is 9.53 Å². The van der Waals surface area contributed by atoms with Crippen molar-refractivity contribution in [2.24, 2.45) is 7.05 Å². The van der Waals surface area contributed by atoms with Crippen molar-refractivity contribution in [2.75, 3.05) is 36.5 Å². The van der Waals surface area contributed by atoms with Crippen molar-refractivity contribution >= 4 is 17.7 Å². The number of aromatic nitrogens is 3. The van der Waals surface area contributed by atoms with Gasteiger partial charge in [0.2, 0.25) is 0 Å². The van der Waals surface area contributed by atoms with E-state index in [0.717, 1.165) is 43.4 Å². The van der Waals surface area contributed by atoms with Gasteiger partial charge in [0.25, 0.3) is 0 Å². The number of urea groups is 1. The number of anilines is 2.